The molecule has 4 heteroatoms. The zero-order valence-corrected chi connectivity index (χ0v) is 11.5. The molecule has 1 aromatic rings. The first-order valence-electron chi connectivity index (χ1n) is 6.80. The Balaban J connectivity index is 2.04. The van der Waals surface area contributed by atoms with E-state index in [1.54, 1.807) is 0 Å². The fourth-order valence-corrected chi connectivity index (χ4v) is 2.42. The average Bonchev–Trinajstić information content (AvgIpc) is 2.73. The summed E-state index contributed by atoms with van der Waals surface area (Å²) >= 11 is 0. The zero-order chi connectivity index (χ0) is 13.2. The Hall–Kier alpha value is -1.16. The first-order chi connectivity index (χ1) is 8.48. The molecule has 1 fully saturated rings. The summed E-state index contributed by atoms with van der Waals surface area (Å²) in [6.07, 6.45) is 3.99. The Morgan fingerprint density at radius 3 is 2.61 bits per heavy atom. The summed E-state index contributed by atoms with van der Waals surface area (Å²) in [7, 11) is 0. The Labute approximate surface area is 109 Å². The molecule has 18 heavy (non-hydrogen) atoms. The first-order valence-corrected chi connectivity index (χ1v) is 6.80. The van der Waals surface area contributed by atoms with Crippen LogP contribution in [-0.4, -0.2) is 27.2 Å². The topological polar surface area (TPSA) is 58.0 Å². The van der Waals surface area contributed by atoms with Gasteiger partial charge in [-0.3, -0.25) is 0 Å². The third-order valence-electron chi connectivity index (χ3n) is 3.58. The highest BCUT2D eigenvalue weighted by Gasteiger charge is 2.30. The SMILES string of the molecule is Cc1cc(C(C)C)nc(NCC2(O)CCCC2)n1. The van der Waals surface area contributed by atoms with E-state index in [1.165, 1.54) is 0 Å². The van der Waals surface area contributed by atoms with Crippen molar-refractivity contribution in [2.24, 2.45) is 0 Å². The molecule has 0 saturated heterocycles. The van der Waals surface area contributed by atoms with Crippen LogP contribution >= 0.6 is 0 Å². The van der Waals surface area contributed by atoms with Gasteiger partial charge in [-0.15, -0.1) is 0 Å². The molecule has 2 rings (SSSR count). The van der Waals surface area contributed by atoms with Crippen LogP contribution < -0.4 is 5.32 Å². The predicted molar refractivity (Wildman–Crippen MR) is 72.8 cm³/mol. The van der Waals surface area contributed by atoms with Gasteiger partial charge in [0.1, 0.15) is 0 Å². The maximum absolute atomic E-state index is 10.3. The van der Waals surface area contributed by atoms with Crippen molar-refractivity contribution >= 4 is 5.95 Å². The number of aliphatic hydroxyl groups is 1. The lowest BCUT2D eigenvalue weighted by Crippen LogP contribution is -2.34. The van der Waals surface area contributed by atoms with E-state index < -0.39 is 5.60 Å². The molecule has 0 bridgehead atoms. The predicted octanol–water partition coefficient (Wildman–Crippen LogP) is 2.63. The van der Waals surface area contributed by atoms with Crippen LogP contribution in [-0.2, 0) is 0 Å². The van der Waals surface area contributed by atoms with Gasteiger partial charge in [-0.25, -0.2) is 9.97 Å². The van der Waals surface area contributed by atoms with Gasteiger partial charge >= 0.3 is 0 Å². The van der Waals surface area contributed by atoms with Gasteiger partial charge < -0.3 is 10.4 Å². The van der Waals surface area contributed by atoms with Crippen molar-refractivity contribution in [3.05, 3.63) is 17.5 Å². The Kier molecular flexibility index (Phi) is 3.85. The molecule has 1 aromatic heterocycles. The minimum Gasteiger partial charge on any atom is -0.388 e. The summed E-state index contributed by atoms with van der Waals surface area (Å²) in [4.78, 5) is 8.87. The smallest absolute Gasteiger partial charge is 0.223 e. The summed E-state index contributed by atoms with van der Waals surface area (Å²) < 4.78 is 0. The molecule has 2 N–H and O–H groups in total. The van der Waals surface area contributed by atoms with Crippen molar-refractivity contribution in [1.82, 2.24) is 9.97 Å². The molecule has 0 aliphatic heterocycles. The van der Waals surface area contributed by atoms with Gasteiger partial charge in [0.15, 0.2) is 0 Å². The molecule has 1 heterocycles. The van der Waals surface area contributed by atoms with Crippen molar-refractivity contribution in [1.29, 1.82) is 0 Å². The highest BCUT2D eigenvalue weighted by Crippen LogP contribution is 2.29. The highest BCUT2D eigenvalue weighted by atomic mass is 16.3. The average molecular weight is 249 g/mol. The Morgan fingerprint density at radius 2 is 2.00 bits per heavy atom. The number of hydrogen-bond donors (Lipinski definition) is 2. The van der Waals surface area contributed by atoms with Crippen molar-refractivity contribution < 1.29 is 5.11 Å². The lowest BCUT2D eigenvalue weighted by molar-refractivity contribution is 0.0613. The van der Waals surface area contributed by atoms with E-state index in [4.69, 9.17) is 0 Å². The van der Waals surface area contributed by atoms with E-state index >= 15 is 0 Å². The number of aromatic nitrogens is 2. The van der Waals surface area contributed by atoms with Crippen LogP contribution in [0.2, 0.25) is 0 Å². The van der Waals surface area contributed by atoms with Gasteiger partial charge in [0.25, 0.3) is 0 Å². The van der Waals surface area contributed by atoms with E-state index in [0.717, 1.165) is 37.1 Å². The minimum absolute atomic E-state index is 0.391. The molecule has 0 unspecified atom stereocenters. The summed E-state index contributed by atoms with van der Waals surface area (Å²) in [5.41, 5.74) is 1.45. The van der Waals surface area contributed by atoms with Gasteiger partial charge in [-0.1, -0.05) is 26.7 Å². The van der Waals surface area contributed by atoms with Crippen LogP contribution in [0.4, 0.5) is 5.95 Å². The molecule has 4 nitrogen and oxygen atoms in total. The molecule has 1 saturated carbocycles. The van der Waals surface area contributed by atoms with E-state index in [9.17, 15) is 5.11 Å². The number of nitrogens with one attached hydrogen (secondary N) is 1. The van der Waals surface area contributed by atoms with E-state index in [1.807, 2.05) is 13.0 Å². The summed E-state index contributed by atoms with van der Waals surface area (Å²) in [5.74, 6) is 1.03. The third-order valence-corrected chi connectivity index (χ3v) is 3.58. The van der Waals surface area contributed by atoms with Gasteiger partial charge in [-0.2, -0.15) is 0 Å². The third kappa shape index (κ3) is 3.19. The molecule has 0 atom stereocenters. The summed E-state index contributed by atoms with van der Waals surface area (Å²) in [6, 6.07) is 2.01. The van der Waals surface area contributed by atoms with Crippen LogP contribution in [0, 0.1) is 6.92 Å². The first kappa shape index (κ1) is 13.3. The Morgan fingerprint density at radius 1 is 1.33 bits per heavy atom. The molecule has 0 amide bonds. The zero-order valence-electron chi connectivity index (χ0n) is 11.5. The maximum atomic E-state index is 10.3. The number of nitrogens with zero attached hydrogens (tertiary/aromatic N) is 2. The van der Waals surface area contributed by atoms with E-state index in [0.29, 0.717) is 18.4 Å². The van der Waals surface area contributed by atoms with Crippen molar-refractivity contribution in [3.8, 4) is 0 Å². The van der Waals surface area contributed by atoms with Crippen molar-refractivity contribution in [2.75, 3.05) is 11.9 Å². The lowest BCUT2D eigenvalue weighted by atomic mass is 10.0. The molecular formula is C14H23N3O. The van der Waals surface area contributed by atoms with E-state index in [2.05, 4.69) is 29.1 Å². The minimum atomic E-state index is -0.564. The second-order valence-electron chi connectivity index (χ2n) is 5.70. The molecule has 100 valence electrons. The van der Waals surface area contributed by atoms with Gasteiger partial charge in [0, 0.05) is 17.9 Å². The number of hydrogen-bond acceptors (Lipinski definition) is 4. The summed E-state index contributed by atoms with van der Waals surface area (Å²) in [6.45, 7) is 6.77. The molecule has 1 aliphatic rings. The maximum Gasteiger partial charge on any atom is 0.223 e. The second-order valence-corrected chi connectivity index (χ2v) is 5.70. The molecule has 1 aliphatic carbocycles. The normalized spacial score (nSPS) is 18.3. The van der Waals surface area contributed by atoms with Gasteiger partial charge in [-0.05, 0) is 31.7 Å². The lowest BCUT2D eigenvalue weighted by Gasteiger charge is -2.22. The van der Waals surface area contributed by atoms with Crippen LogP contribution in [0.1, 0.15) is 56.8 Å². The largest absolute Gasteiger partial charge is 0.388 e. The van der Waals surface area contributed by atoms with Gasteiger partial charge in [0.2, 0.25) is 5.95 Å². The van der Waals surface area contributed by atoms with Gasteiger partial charge in [0.05, 0.1) is 5.60 Å². The fraction of sp³-hybridized carbons (Fsp3) is 0.714. The molecular weight excluding hydrogens is 226 g/mol. The van der Waals surface area contributed by atoms with Crippen molar-refractivity contribution in [3.63, 3.8) is 0 Å². The van der Waals surface area contributed by atoms with Crippen LogP contribution in [0.25, 0.3) is 0 Å². The second kappa shape index (κ2) is 5.22. The van der Waals surface area contributed by atoms with Crippen molar-refractivity contribution in [2.45, 2.75) is 58.0 Å². The fourth-order valence-electron chi connectivity index (χ4n) is 2.42. The van der Waals surface area contributed by atoms with E-state index in [-0.39, 0.29) is 0 Å². The van der Waals surface area contributed by atoms with Crippen LogP contribution in [0.3, 0.4) is 0 Å². The van der Waals surface area contributed by atoms with Crippen LogP contribution in [0.15, 0.2) is 6.07 Å². The quantitative estimate of drug-likeness (QED) is 0.861. The Bertz CT molecular complexity index is 412. The number of aryl methyl sites for hydroxylation is 1. The molecule has 0 aromatic carbocycles. The monoisotopic (exact) mass is 249 g/mol. The summed E-state index contributed by atoms with van der Waals surface area (Å²) in [5, 5.41) is 13.5. The molecule has 0 radical (unpaired) electrons. The van der Waals surface area contributed by atoms with Crippen LogP contribution in [0.5, 0.6) is 0 Å². The molecule has 0 spiro atoms. The number of anilines is 1. The number of rotatable bonds is 4. The highest BCUT2D eigenvalue weighted by molar-refractivity contribution is 5.29. The standard InChI is InChI=1S/C14H23N3O/c1-10(2)12-8-11(3)16-13(17-12)15-9-14(18)6-4-5-7-14/h8,10,18H,4-7,9H2,1-3H3,(H,15,16,17).